The van der Waals surface area contributed by atoms with Gasteiger partial charge in [0.2, 0.25) is 0 Å². The van der Waals surface area contributed by atoms with Gasteiger partial charge in [-0.25, -0.2) is 4.98 Å². The number of hydrogen-bond donors (Lipinski definition) is 1. The van der Waals surface area contributed by atoms with Crippen LogP contribution in [0.5, 0.6) is 0 Å². The highest BCUT2D eigenvalue weighted by molar-refractivity contribution is 7.13. The molecular weight excluding hydrogens is 332 g/mol. The van der Waals surface area contributed by atoms with Gasteiger partial charge in [-0.05, 0) is 37.2 Å². The molecular formula is C20H24N2O2S. The summed E-state index contributed by atoms with van der Waals surface area (Å²) in [7, 11) is 0. The number of nitrogens with zero attached hydrogens (tertiary/aromatic N) is 2. The van der Waals surface area contributed by atoms with Gasteiger partial charge in [0.05, 0.1) is 6.61 Å². The topological polar surface area (TPSA) is 53.4 Å². The summed E-state index contributed by atoms with van der Waals surface area (Å²) in [4.78, 5) is 19.8. The molecule has 2 fully saturated rings. The second-order valence-corrected chi connectivity index (χ2v) is 7.96. The fourth-order valence-corrected chi connectivity index (χ4v) is 5.24. The lowest BCUT2D eigenvalue weighted by Gasteiger charge is -2.43. The number of piperidine rings is 1. The maximum absolute atomic E-state index is 13.1. The lowest BCUT2D eigenvalue weighted by molar-refractivity contribution is 0.0386. The lowest BCUT2D eigenvalue weighted by atomic mass is 9.78. The van der Waals surface area contributed by atoms with Crippen molar-refractivity contribution in [3.05, 3.63) is 40.9 Å². The Hall–Kier alpha value is -1.72. The molecule has 0 radical (unpaired) electrons. The summed E-state index contributed by atoms with van der Waals surface area (Å²) in [5.74, 6) is 0.764. The molecule has 4 nitrogen and oxygen atoms in total. The summed E-state index contributed by atoms with van der Waals surface area (Å²) in [5, 5.41) is 12.2. The average Bonchev–Trinajstić information content (AvgIpc) is 3.17. The zero-order chi connectivity index (χ0) is 17.2. The maximum atomic E-state index is 13.1. The van der Waals surface area contributed by atoms with Gasteiger partial charge in [0.1, 0.15) is 10.7 Å². The van der Waals surface area contributed by atoms with Crippen LogP contribution in [0.15, 0.2) is 29.6 Å². The van der Waals surface area contributed by atoms with E-state index in [-0.39, 0.29) is 12.5 Å². The summed E-state index contributed by atoms with van der Waals surface area (Å²) >= 11 is 1.48. The number of thiazole rings is 1. The molecule has 1 aliphatic carbocycles. The first kappa shape index (κ1) is 16.7. The van der Waals surface area contributed by atoms with E-state index < -0.39 is 0 Å². The number of carbonyl (C=O) groups excluding carboxylic acids is 1. The van der Waals surface area contributed by atoms with E-state index in [1.54, 1.807) is 0 Å². The summed E-state index contributed by atoms with van der Waals surface area (Å²) in [6.07, 6.45) is 7.32. The molecule has 1 aromatic heterocycles. The maximum Gasteiger partial charge on any atom is 0.273 e. The van der Waals surface area contributed by atoms with E-state index in [9.17, 15) is 9.90 Å². The van der Waals surface area contributed by atoms with Crippen molar-refractivity contribution in [1.29, 1.82) is 0 Å². The van der Waals surface area contributed by atoms with Crippen molar-refractivity contribution in [3.8, 4) is 10.6 Å². The highest BCUT2D eigenvalue weighted by atomic mass is 32.1. The second-order valence-electron chi connectivity index (χ2n) is 7.11. The van der Waals surface area contributed by atoms with E-state index >= 15 is 0 Å². The Balaban J connectivity index is 1.58. The molecule has 0 spiro atoms. The van der Waals surface area contributed by atoms with Crippen LogP contribution < -0.4 is 0 Å². The quantitative estimate of drug-likeness (QED) is 0.901. The van der Waals surface area contributed by atoms with Crippen molar-refractivity contribution in [2.45, 2.75) is 51.2 Å². The van der Waals surface area contributed by atoms with Crippen LogP contribution >= 0.6 is 11.3 Å². The largest absolute Gasteiger partial charge is 0.392 e. The van der Waals surface area contributed by atoms with E-state index in [0.717, 1.165) is 35.5 Å². The Morgan fingerprint density at radius 2 is 2.00 bits per heavy atom. The highest BCUT2D eigenvalue weighted by Crippen LogP contribution is 2.36. The number of benzene rings is 1. The van der Waals surface area contributed by atoms with Gasteiger partial charge in [-0.2, -0.15) is 0 Å². The van der Waals surface area contributed by atoms with Gasteiger partial charge in [0.15, 0.2) is 0 Å². The van der Waals surface area contributed by atoms with Crippen LogP contribution in [0.25, 0.3) is 10.6 Å². The average molecular weight is 356 g/mol. The minimum Gasteiger partial charge on any atom is -0.392 e. The zero-order valence-electron chi connectivity index (χ0n) is 14.4. The first-order valence-corrected chi connectivity index (χ1v) is 10.1. The molecule has 132 valence electrons. The number of carbonyl (C=O) groups is 1. The predicted molar refractivity (Wildman–Crippen MR) is 99.5 cm³/mol. The van der Waals surface area contributed by atoms with E-state index in [1.807, 2.05) is 29.6 Å². The number of hydrogen-bond acceptors (Lipinski definition) is 4. The molecule has 2 aromatic rings. The molecule has 1 saturated carbocycles. The normalized spacial score (nSPS) is 23.3. The molecule has 2 unspecified atom stereocenters. The summed E-state index contributed by atoms with van der Waals surface area (Å²) in [5.41, 5.74) is 2.32. The predicted octanol–water partition coefficient (Wildman–Crippen LogP) is 4.10. The van der Waals surface area contributed by atoms with Crippen LogP contribution in [0, 0.1) is 5.92 Å². The molecule has 2 heterocycles. The van der Waals surface area contributed by atoms with Gasteiger partial charge in [-0.3, -0.25) is 4.79 Å². The summed E-state index contributed by atoms with van der Waals surface area (Å²) < 4.78 is 0. The monoisotopic (exact) mass is 356 g/mol. The van der Waals surface area contributed by atoms with Crippen LogP contribution in [0.4, 0.5) is 0 Å². The van der Waals surface area contributed by atoms with E-state index in [4.69, 9.17) is 0 Å². The van der Waals surface area contributed by atoms with Gasteiger partial charge in [-0.1, -0.05) is 37.1 Å². The van der Waals surface area contributed by atoms with Gasteiger partial charge in [0.25, 0.3) is 5.91 Å². The summed E-state index contributed by atoms with van der Waals surface area (Å²) in [6.45, 7) is 0.842. The van der Waals surface area contributed by atoms with Crippen molar-refractivity contribution in [2.75, 3.05) is 6.54 Å². The molecule has 5 heteroatoms. The van der Waals surface area contributed by atoms with Gasteiger partial charge in [0, 0.05) is 23.5 Å². The number of fused-ring (bicyclic) bond motifs is 1. The molecule has 2 atom stereocenters. The van der Waals surface area contributed by atoms with Crippen LogP contribution in [-0.4, -0.2) is 33.5 Å². The number of aliphatic hydroxyl groups is 1. The Morgan fingerprint density at radius 3 is 2.88 bits per heavy atom. The lowest BCUT2D eigenvalue weighted by Crippen LogP contribution is -2.49. The molecule has 4 rings (SSSR count). The van der Waals surface area contributed by atoms with E-state index in [1.165, 1.54) is 37.0 Å². The van der Waals surface area contributed by atoms with Crippen molar-refractivity contribution in [2.24, 2.45) is 5.92 Å². The fourth-order valence-electron chi connectivity index (χ4n) is 4.39. The minimum absolute atomic E-state index is 0.0189. The Labute approximate surface area is 152 Å². The molecule has 0 bridgehead atoms. The Kier molecular flexibility index (Phi) is 4.86. The number of rotatable bonds is 3. The van der Waals surface area contributed by atoms with Gasteiger partial charge >= 0.3 is 0 Å². The molecule has 1 aromatic carbocycles. The number of aromatic nitrogens is 1. The van der Waals surface area contributed by atoms with Crippen LogP contribution in [0.1, 0.15) is 54.6 Å². The van der Waals surface area contributed by atoms with Crippen molar-refractivity contribution in [1.82, 2.24) is 9.88 Å². The Morgan fingerprint density at radius 1 is 1.20 bits per heavy atom. The molecule has 25 heavy (non-hydrogen) atoms. The zero-order valence-corrected chi connectivity index (χ0v) is 15.2. The summed E-state index contributed by atoms with van der Waals surface area (Å²) in [6, 6.07) is 8.11. The second kappa shape index (κ2) is 7.26. The fraction of sp³-hybridized carbons (Fsp3) is 0.500. The third-order valence-corrected chi connectivity index (χ3v) is 6.52. The van der Waals surface area contributed by atoms with Crippen molar-refractivity contribution in [3.63, 3.8) is 0 Å². The molecule has 1 saturated heterocycles. The third kappa shape index (κ3) is 3.23. The third-order valence-electron chi connectivity index (χ3n) is 5.65. The molecule has 1 N–H and O–H groups in total. The minimum atomic E-state index is -0.0189. The van der Waals surface area contributed by atoms with Crippen molar-refractivity contribution >= 4 is 17.2 Å². The first-order valence-electron chi connectivity index (χ1n) is 9.23. The van der Waals surface area contributed by atoms with E-state index in [0.29, 0.717) is 17.7 Å². The number of aliphatic hydroxyl groups excluding tert-OH is 1. The van der Waals surface area contributed by atoms with Crippen LogP contribution in [0.2, 0.25) is 0 Å². The smallest absolute Gasteiger partial charge is 0.273 e. The van der Waals surface area contributed by atoms with Gasteiger partial charge < -0.3 is 10.0 Å². The SMILES string of the molecule is O=C(c1csc(-c2ccccc2CO)n1)N1CCCC2CCCCC21. The number of likely N-dealkylation sites (tertiary alicyclic amines) is 1. The van der Waals surface area contributed by atoms with Crippen LogP contribution in [0.3, 0.4) is 0 Å². The highest BCUT2D eigenvalue weighted by Gasteiger charge is 2.36. The van der Waals surface area contributed by atoms with Crippen LogP contribution in [-0.2, 0) is 6.61 Å². The molecule has 1 aliphatic heterocycles. The van der Waals surface area contributed by atoms with Gasteiger partial charge in [-0.15, -0.1) is 11.3 Å². The number of amides is 1. The van der Waals surface area contributed by atoms with E-state index in [2.05, 4.69) is 9.88 Å². The standard InChI is InChI=1S/C20H24N2O2S/c23-12-15-7-1-3-9-16(15)19-21-17(13-25-19)20(24)22-11-5-8-14-6-2-4-10-18(14)22/h1,3,7,9,13-14,18,23H,2,4-6,8,10-12H2. The molecule has 1 amide bonds. The Bertz CT molecular complexity index is 756. The van der Waals surface area contributed by atoms with Crippen molar-refractivity contribution < 1.29 is 9.90 Å². The molecule has 2 aliphatic rings. The first-order chi connectivity index (χ1) is 12.3.